The zero-order chi connectivity index (χ0) is 18.1. The lowest BCUT2D eigenvalue weighted by Gasteiger charge is -2.08. The van der Waals surface area contributed by atoms with Crippen molar-refractivity contribution in [3.8, 4) is 0 Å². The first-order valence-electron chi connectivity index (χ1n) is 6.46. The molecule has 0 fully saturated rings. The minimum atomic E-state index is -3.75. The molecule has 0 radical (unpaired) electrons. The van der Waals surface area contributed by atoms with Crippen molar-refractivity contribution in [1.82, 2.24) is 4.31 Å². The fourth-order valence-corrected chi connectivity index (χ4v) is 2.69. The van der Waals surface area contributed by atoms with Crippen LogP contribution in [-0.4, -0.2) is 32.8 Å². The molecule has 0 aliphatic rings. The lowest BCUT2D eigenvalue weighted by Crippen LogP contribution is -2.21. The van der Waals surface area contributed by atoms with Crippen molar-refractivity contribution < 1.29 is 31.1 Å². The smallest absolute Gasteiger partial charge is 0.340 e. The molecule has 0 saturated carbocycles. The predicted molar refractivity (Wildman–Crippen MR) is 80.1 cm³/mol. The lowest BCUT2D eigenvalue weighted by atomic mass is 10.2. The highest BCUT2D eigenvalue weighted by molar-refractivity contribution is 7.88. The number of benzene rings is 1. The number of furan rings is 1. The van der Waals surface area contributed by atoms with Gasteiger partial charge in [-0.25, -0.2) is 26.3 Å². The number of rotatable bonds is 5. The number of hydrogen-bond acceptors (Lipinski definition) is 5. The molecule has 130 valence electrons. The van der Waals surface area contributed by atoms with E-state index >= 15 is 0 Å². The number of hydrogen-bond donors (Lipinski definition) is 0. The molecule has 0 aliphatic carbocycles. The fourth-order valence-electron chi connectivity index (χ4n) is 1.65. The van der Waals surface area contributed by atoms with E-state index in [0.29, 0.717) is 12.1 Å². The van der Waals surface area contributed by atoms with Crippen LogP contribution in [0.2, 0.25) is 5.02 Å². The molecule has 1 heterocycles. The average molecular weight is 380 g/mol. The standard InChI is InChI=1S/C14H12ClF2NO5S/c1-18(2)24(20,21)13-4-3-8(23-13)7-22-14(19)9-5-11(16)12(17)6-10(9)15/h3-6H,7H2,1-2H3. The molecule has 10 heteroatoms. The van der Waals surface area contributed by atoms with Gasteiger partial charge in [0.2, 0.25) is 5.09 Å². The summed E-state index contributed by atoms with van der Waals surface area (Å²) in [5, 5.41) is -0.626. The molecule has 0 saturated heterocycles. The summed E-state index contributed by atoms with van der Waals surface area (Å²) in [4.78, 5) is 11.9. The van der Waals surface area contributed by atoms with Crippen LogP contribution >= 0.6 is 11.6 Å². The summed E-state index contributed by atoms with van der Waals surface area (Å²) < 4.78 is 60.7. The maximum absolute atomic E-state index is 13.2. The SMILES string of the molecule is CN(C)S(=O)(=O)c1ccc(COC(=O)c2cc(F)c(F)cc2Cl)o1. The molecular weight excluding hydrogens is 368 g/mol. The predicted octanol–water partition coefficient (Wildman–Crippen LogP) is 2.82. The minimum Gasteiger partial charge on any atom is -0.454 e. The number of sulfonamides is 1. The van der Waals surface area contributed by atoms with E-state index in [1.807, 2.05) is 0 Å². The summed E-state index contributed by atoms with van der Waals surface area (Å²) in [6.45, 7) is -0.406. The number of halogens is 3. The summed E-state index contributed by atoms with van der Waals surface area (Å²) in [6.07, 6.45) is 0. The van der Waals surface area contributed by atoms with Gasteiger partial charge in [0, 0.05) is 14.1 Å². The van der Waals surface area contributed by atoms with E-state index in [-0.39, 0.29) is 21.4 Å². The van der Waals surface area contributed by atoms with Gasteiger partial charge in [-0.1, -0.05) is 11.6 Å². The average Bonchev–Trinajstić information content (AvgIpc) is 2.98. The largest absolute Gasteiger partial charge is 0.454 e. The monoisotopic (exact) mass is 379 g/mol. The van der Waals surface area contributed by atoms with Gasteiger partial charge < -0.3 is 9.15 Å². The molecule has 2 rings (SSSR count). The first-order valence-corrected chi connectivity index (χ1v) is 8.27. The first-order chi connectivity index (χ1) is 11.1. The normalized spacial score (nSPS) is 11.8. The Morgan fingerprint density at radius 3 is 2.50 bits per heavy atom. The van der Waals surface area contributed by atoms with Crippen molar-refractivity contribution in [1.29, 1.82) is 0 Å². The van der Waals surface area contributed by atoms with Gasteiger partial charge in [0.25, 0.3) is 10.0 Å². The van der Waals surface area contributed by atoms with Crippen LogP contribution < -0.4 is 0 Å². The van der Waals surface area contributed by atoms with Gasteiger partial charge in [-0.05, 0) is 24.3 Å². The molecule has 0 aliphatic heterocycles. The van der Waals surface area contributed by atoms with Crippen LogP contribution in [0.3, 0.4) is 0 Å². The van der Waals surface area contributed by atoms with Crippen molar-refractivity contribution in [3.63, 3.8) is 0 Å². The van der Waals surface area contributed by atoms with E-state index in [1.165, 1.54) is 26.2 Å². The number of ether oxygens (including phenoxy) is 1. The van der Waals surface area contributed by atoms with Crippen LogP contribution in [0.1, 0.15) is 16.1 Å². The molecule has 0 unspecified atom stereocenters. The first kappa shape index (κ1) is 18.4. The van der Waals surface area contributed by atoms with E-state index < -0.39 is 34.2 Å². The fraction of sp³-hybridized carbons (Fsp3) is 0.214. The highest BCUT2D eigenvalue weighted by atomic mass is 35.5. The molecule has 1 aromatic carbocycles. The van der Waals surface area contributed by atoms with E-state index in [0.717, 1.165) is 4.31 Å². The second kappa shape index (κ2) is 6.88. The maximum atomic E-state index is 13.2. The Morgan fingerprint density at radius 1 is 1.25 bits per heavy atom. The van der Waals surface area contributed by atoms with Gasteiger partial charge in [0.1, 0.15) is 12.4 Å². The third-order valence-corrected chi connectivity index (χ3v) is 4.95. The molecule has 6 nitrogen and oxygen atoms in total. The summed E-state index contributed by atoms with van der Waals surface area (Å²) in [5.74, 6) is -3.39. The number of nitrogens with zero attached hydrogens (tertiary/aromatic N) is 1. The number of esters is 1. The molecular formula is C14H12ClF2NO5S. The van der Waals surface area contributed by atoms with Crippen LogP contribution in [0.5, 0.6) is 0 Å². The summed E-state index contributed by atoms with van der Waals surface area (Å²) in [7, 11) is -1.08. The van der Waals surface area contributed by atoms with E-state index in [2.05, 4.69) is 0 Å². The molecule has 0 spiro atoms. The highest BCUT2D eigenvalue weighted by Crippen LogP contribution is 2.22. The molecule has 24 heavy (non-hydrogen) atoms. The van der Waals surface area contributed by atoms with Crippen LogP contribution in [0.4, 0.5) is 8.78 Å². The zero-order valence-corrected chi connectivity index (χ0v) is 14.1. The van der Waals surface area contributed by atoms with Gasteiger partial charge in [0.15, 0.2) is 11.6 Å². The Morgan fingerprint density at radius 2 is 1.88 bits per heavy atom. The van der Waals surface area contributed by atoms with E-state index in [9.17, 15) is 22.0 Å². The van der Waals surface area contributed by atoms with Crippen molar-refractivity contribution in [3.05, 3.63) is 52.2 Å². The topological polar surface area (TPSA) is 76.8 Å². The van der Waals surface area contributed by atoms with Gasteiger partial charge in [0.05, 0.1) is 10.6 Å². The Hall–Kier alpha value is -1.97. The number of carbonyl (C=O) groups is 1. The third kappa shape index (κ3) is 3.74. The Bertz CT molecular complexity index is 879. The molecule has 0 amide bonds. The van der Waals surface area contributed by atoms with Crippen LogP contribution in [0.25, 0.3) is 0 Å². The Kier molecular flexibility index (Phi) is 5.26. The minimum absolute atomic E-state index is 0.0579. The Labute approximate surface area is 141 Å². The van der Waals surface area contributed by atoms with Gasteiger partial charge >= 0.3 is 5.97 Å². The van der Waals surface area contributed by atoms with Crippen molar-refractivity contribution in [2.24, 2.45) is 0 Å². The van der Waals surface area contributed by atoms with Crippen molar-refractivity contribution >= 4 is 27.6 Å². The van der Waals surface area contributed by atoms with Crippen LogP contribution in [0, 0.1) is 11.6 Å². The van der Waals surface area contributed by atoms with Crippen LogP contribution in [0.15, 0.2) is 33.8 Å². The maximum Gasteiger partial charge on any atom is 0.340 e. The molecule has 1 aromatic heterocycles. The summed E-state index contributed by atoms with van der Waals surface area (Å²) >= 11 is 5.66. The molecule has 0 N–H and O–H groups in total. The lowest BCUT2D eigenvalue weighted by molar-refractivity contribution is 0.0440. The highest BCUT2D eigenvalue weighted by Gasteiger charge is 2.22. The summed E-state index contributed by atoms with van der Waals surface area (Å²) in [6, 6.07) is 3.80. The third-order valence-electron chi connectivity index (χ3n) is 2.95. The van der Waals surface area contributed by atoms with Gasteiger partial charge in [-0.2, -0.15) is 0 Å². The van der Waals surface area contributed by atoms with E-state index in [4.69, 9.17) is 20.8 Å². The van der Waals surface area contributed by atoms with Crippen LogP contribution in [-0.2, 0) is 21.4 Å². The second-order valence-corrected chi connectivity index (χ2v) is 7.32. The van der Waals surface area contributed by atoms with Crippen molar-refractivity contribution in [2.45, 2.75) is 11.7 Å². The summed E-state index contributed by atoms with van der Waals surface area (Å²) in [5.41, 5.74) is -0.358. The second-order valence-electron chi connectivity index (χ2n) is 4.83. The van der Waals surface area contributed by atoms with Crippen molar-refractivity contribution in [2.75, 3.05) is 14.1 Å². The quantitative estimate of drug-likeness (QED) is 0.589. The van der Waals surface area contributed by atoms with Gasteiger partial charge in [-0.15, -0.1) is 0 Å². The zero-order valence-electron chi connectivity index (χ0n) is 12.5. The number of carbonyl (C=O) groups excluding carboxylic acids is 1. The van der Waals surface area contributed by atoms with Gasteiger partial charge in [-0.3, -0.25) is 0 Å². The Balaban J connectivity index is 2.11. The molecule has 2 aromatic rings. The van der Waals surface area contributed by atoms with E-state index in [1.54, 1.807) is 0 Å². The molecule has 0 bridgehead atoms. The molecule has 0 atom stereocenters.